The van der Waals surface area contributed by atoms with E-state index in [9.17, 15) is 8.42 Å². The first-order valence-corrected chi connectivity index (χ1v) is 6.86. The third-order valence-corrected chi connectivity index (χ3v) is 4.69. The van der Waals surface area contributed by atoms with Crippen molar-refractivity contribution in [3.8, 4) is 0 Å². The zero-order valence-corrected chi connectivity index (χ0v) is 9.79. The van der Waals surface area contributed by atoms with Crippen molar-refractivity contribution in [3.05, 3.63) is 0 Å². The number of morpholine rings is 1. The summed E-state index contributed by atoms with van der Waals surface area (Å²) in [6.07, 6.45) is 1.14. The molecule has 1 aliphatic carbocycles. The zero-order chi connectivity index (χ0) is 10.9. The standard InChI is InChI=1S/C9H18N2O3S/c1-8-6-9(8)7-10-15(12,13)11-2-4-14-5-3-11/h8-10H,2-7H2,1H3. The van der Waals surface area contributed by atoms with Gasteiger partial charge < -0.3 is 4.74 Å². The number of nitrogens with zero attached hydrogens (tertiary/aromatic N) is 1. The second-order valence-corrected chi connectivity index (χ2v) is 6.09. The largest absolute Gasteiger partial charge is 0.379 e. The van der Waals surface area contributed by atoms with Gasteiger partial charge >= 0.3 is 0 Å². The molecule has 6 heteroatoms. The lowest BCUT2D eigenvalue weighted by atomic mass is 10.3. The van der Waals surface area contributed by atoms with Crippen molar-refractivity contribution >= 4 is 10.2 Å². The Labute approximate surface area is 91.0 Å². The van der Waals surface area contributed by atoms with Gasteiger partial charge in [-0.3, -0.25) is 0 Å². The van der Waals surface area contributed by atoms with Crippen LogP contribution in [0.15, 0.2) is 0 Å². The van der Waals surface area contributed by atoms with Gasteiger partial charge in [-0.15, -0.1) is 0 Å². The van der Waals surface area contributed by atoms with E-state index in [0.717, 1.165) is 6.42 Å². The van der Waals surface area contributed by atoms with Crippen LogP contribution in [0.4, 0.5) is 0 Å². The van der Waals surface area contributed by atoms with Gasteiger partial charge in [0.2, 0.25) is 0 Å². The van der Waals surface area contributed by atoms with Crippen LogP contribution in [0.25, 0.3) is 0 Å². The maximum atomic E-state index is 11.8. The highest BCUT2D eigenvalue weighted by Crippen LogP contribution is 2.36. The molecule has 15 heavy (non-hydrogen) atoms. The van der Waals surface area contributed by atoms with E-state index in [0.29, 0.717) is 44.7 Å². The Morgan fingerprint density at radius 3 is 2.53 bits per heavy atom. The van der Waals surface area contributed by atoms with Crippen LogP contribution in [0.2, 0.25) is 0 Å². The fraction of sp³-hybridized carbons (Fsp3) is 1.00. The fourth-order valence-corrected chi connectivity index (χ4v) is 3.01. The summed E-state index contributed by atoms with van der Waals surface area (Å²) in [6.45, 7) is 4.67. The molecule has 2 unspecified atom stereocenters. The first-order chi connectivity index (χ1) is 7.09. The Bertz CT molecular complexity index is 311. The lowest BCUT2D eigenvalue weighted by Gasteiger charge is -2.26. The van der Waals surface area contributed by atoms with Crippen molar-refractivity contribution in [2.75, 3.05) is 32.8 Å². The lowest BCUT2D eigenvalue weighted by molar-refractivity contribution is 0.0725. The highest BCUT2D eigenvalue weighted by atomic mass is 32.2. The molecule has 1 heterocycles. The summed E-state index contributed by atoms with van der Waals surface area (Å²) in [6, 6.07) is 0. The monoisotopic (exact) mass is 234 g/mol. The maximum Gasteiger partial charge on any atom is 0.279 e. The van der Waals surface area contributed by atoms with Gasteiger partial charge in [-0.2, -0.15) is 12.7 Å². The van der Waals surface area contributed by atoms with E-state index in [1.165, 1.54) is 4.31 Å². The van der Waals surface area contributed by atoms with Crippen molar-refractivity contribution in [3.63, 3.8) is 0 Å². The Kier molecular flexibility index (Phi) is 3.30. The summed E-state index contributed by atoms with van der Waals surface area (Å²) >= 11 is 0. The van der Waals surface area contributed by atoms with Gasteiger partial charge in [0.05, 0.1) is 13.2 Å². The second-order valence-electron chi connectivity index (χ2n) is 4.34. The summed E-state index contributed by atoms with van der Waals surface area (Å²) in [5, 5.41) is 0. The van der Waals surface area contributed by atoms with Gasteiger partial charge in [-0.1, -0.05) is 6.92 Å². The predicted octanol–water partition coefficient (Wildman–Crippen LogP) is -0.191. The predicted molar refractivity (Wildman–Crippen MR) is 56.6 cm³/mol. The van der Waals surface area contributed by atoms with E-state index in [4.69, 9.17) is 4.74 Å². The van der Waals surface area contributed by atoms with E-state index in [1.807, 2.05) is 0 Å². The topological polar surface area (TPSA) is 58.6 Å². The summed E-state index contributed by atoms with van der Waals surface area (Å²) in [5.41, 5.74) is 0. The number of ether oxygens (including phenoxy) is 1. The Morgan fingerprint density at radius 1 is 1.40 bits per heavy atom. The maximum absolute atomic E-state index is 11.8. The first kappa shape index (κ1) is 11.3. The Balaban J connectivity index is 1.82. The van der Waals surface area contributed by atoms with Crippen LogP contribution in [0.1, 0.15) is 13.3 Å². The third-order valence-electron chi connectivity index (χ3n) is 3.11. The van der Waals surface area contributed by atoms with E-state index in [-0.39, 0.29) is 0 Å². The number of rotatable bonds is 4. The summed E-state index contributed by atoms with van der Waals surface area (Å²) < 4.78 is 32.8. The second kappa shape index (κ2) is 4.37. The van der Waals surface area contributed by atoms with Gasteiger partial charge in [0.25, 0.3) is 10.2 Å². The molecule has 1 N–H and O–H groups in total. The third kappa shape index (κ3) is 2.90. The van der Waals surface area contributed by atoms with Gasteiger partial charge in [0, 0.05) is 19.6 Å². The van der Waals surface area contributed by atoms with E-state index in [1.54, 1.807) is 0 Å². The molecule has 0 bridgehead atoms. The van der Waals surface area contributed by atoms with Crippen molar-refractivity contribution in [2.24, 2.45) is 11.8 Å². The molecule has 0 aromatic rings. The van der Waals surface area contributed by atoms with E-state index >= 15 is 0 Å². The van der Waals surface area contributed by atoms with Crippen molar-refractivity contribution < 1.29 is 13.2 Å². The quantitative estimate of drug-likeness (QED) is 0.733. The van der Waals surface area contributed by atoms with Crippen LogP contribution < -0.4 is 4.72 Å². The summed E-state index contributed by atoms with van der Waals surface area (Å²) in [7, 11) is -3.26. The van der Waals surface area contributed by atoms with Crippen LogP contribution in [0, 0.1) is 11.8 Å². The molecule has 0 spiro atoms. The molecule has 0 radical (unpaired) electrons. The molecule has 0 aromatic heterocycles. The normalized spacial score (nSPS) is 32.9. The summed E-state index contributed by atoms with van der Waals surface area (Å²) in [5.74, 6) is 1.22. The van der Waals surface area contributed by atoms with E-state index < -0.39 is 10.2 Å². The smallest absolute Gasteiger partial charge is 0.279 e. The van der Waals surface area contributed by atoms with Crippen LogP contribution in [-0.4, -0.2) is 45.6 Å². The van der Waals surface area contributed by atoms with Crippen molar-refractivity contribution in [1.29, 1.82) is 0 Å². The fourth-order valence-electron chi connectivity index (χ4n) is 1.77. The highest BCUT2D eigenvalue weighted by molar-refractivity contribution is 7.87. The average Bonchev–Trinajstić information content (AvgIpc) is 2.93. The molecule has 1 saturated carbocycles. The molecule has 1 aliphatic heterocycles. The SMILES string of the molecule is CC1CC1CNS(=O)(=O)N1CCOCC1. The molecule has 2 fully saturated rings. The minimum Gasteiger partial charge on any atom is -0.379 e. The zero-order valence-electron chi connectivity index (χ0n) is 8.98. The molecular formula is C9H18N2O3S. The molecule has 88 valence electrons. The molecule has 0 aromatic carbocycles. The Morgan fingerprint density at radius 2 is 2.00 bits per heavy atom. The van der Waals surface area contributed by atoms with Crippen molar-refractivity contribution in [2.45, 2.75) is 13.3 Å². The van der Waals surface area contributed by atoms with Gasteiger partial charge in [-0.05, 0) is 18.3 Å². The number of nitrogens with one attached hydrogen (secondary N) is 1. The molecular weight excluding hydrogens is 216 g/mol. The number of hydrogen-bond donors (Lipinski definition) is 1. The van der Waals surface area contributed by atoms with Crippen LogP contribution >= 0.6 is 0 Å². The lowest BCUT2D eigenvalue weighted by Crippen LogP contribution is -2.47. The molecule has 2 atom stereocenters. The minimum absolute atomic E-state index is 0.468. The van der Waals surface area contributed by atoms with Crippen LogP contribution in [-0.2, 0) is 14.9 Å². The minimum atomic E-state index is -3.26. The van der Waals surface area contributed by atoms with Gasteiger partial charge in [0.15, 0.2) is 0 Å². The summed E-state index contributed by atoms with van der Waals surface area (Å²) in [4.78, 5) is 0. The average molecular weight is 234 g/mol. The number of hydrogen-bond acceptors (Lipinski definition) is 3. The molecule has 1 saturated heterocycles. The van der Waals surface area contributed by atoms with Gasteiger partial charge in [0.1, 0.15) is 0 Å². The molecule has 5 nitrogen and oxygen atoms in total. The van der Waals surface area contributed by atoms with Crippen LogP contribution in [0.5, 0.6) is 0 Å². The van der Waals surface area contributed by atoms with Crippen LogP contribution in [0.3, 0.4) is 0 Å². The highest BCUT2D eigenvalue weighted by Gasteiger charge is 2.34. The molecule has 0 amide bonds. The van der Waals surface area contributed by atoms with Gasteiger partial charge in [-0.25, -0.2) is 4.72 Å². The molecule has 2 aliphatic rings. The molecule has 2 rings (SSSR count). The first-order valence-electron chi connectivity index (χ1n) is 5.42. The Hall–Kier alpha value is -0.170. The van der Waals surface area contributed by atoms with E-state index in [2.05, 4.69) is 11.6 Å². The van der Waals surface area contributed by atoms with Crippen molar-refractivity contribution in [1.82, 2.24) is 9.03 Å².